The molecule has 24 heavy (non-hydrogen) atoms. The van der Waals surface area contributed by atoms with Crippen LogP contribution in [-0.4, -0.2) is 13.8 Å². The van der Waals surface area contributed by atoms with Crippen LogP contribution in [0.25, 0.3) is 4.98 Å². The summed E-state index contributed by atoms with van der Waals surface area (Å²) in [5.74, 6) is 5.52. The number of hydrogen-bond donors (Lipinski definition) is 0. The van der Waals surface area contributed by atoms with Crippen molar-refractivity contribution in [2.75, 3.05) is 0 Å². The summed E-state index contributed by atoms with van der Waals surface area (Å²) in [7, 11) is 8.00. The Labute approximate surface area is 167 Å². The molecule has 3 rings (SSSR count). The second-order valence-electron chi connectivity index (χ2n) is 7.38. The first-order valence-electron chi connectivity index (χ1n) is 7.98. The van der Waals surface area contributed by atoms with E-state index in [1.54, 1.807) is 0 Å². The van der Waals surface area contributed by atoms with Gasteiger partial charge in [-0.2, -0.15) is 0 Å². The van der Waals surface area contributed by atoms with Gasteiger partial charge in [0.2, 0.25) is 0 Å². The quantitative estimate of drug-likeness (QED) is 0.427. The summed E-state index contributed by atoms with van der Waals surface area (Å²) in [4.78, 5) is 5.22. The van der Waals surface area contributed by atoms with Crippen molar-refractivity contribution in [2.24, 2.45) is 0 Å². The summed E-state index contributed by atoms with van der Waals surface area (Å²) in [5, 5.41) is 0. The van der Waals surface area contributed by atoms with Crippen LogP contribution < -0.4 is 0 Å². The molecule has 0 heterocycles. The fraction of sp³-hybridized carbons (Fsp3) is 0.316. The molecule has 125 valence electrons. The molecule has 1 fully saturated rings. The topological polar surface area (TPSA) is 14.1 Å². The van der Waals surface area contributed by atoms with Crippen LogP contribution in [0.4, 0.5) is 0 Å². The molecule has 0 N–H and O–H groups in total. The predicted molar refractivity (Wildman–Crippen MR) is 105 cm³/mol. The van der Waals surface area contributed by atoms with Crippen molar-refractivity contribution in [3.63, 3.8) is 0 Å². The van der Waals surface area contributed by atoms with E-state index in [4.69, 9.17) is 22.0 Å². The van der Waals surface area contributed by atoms with Crippen LogP contribution in [-0.2, 0) is 20.8 Å². The van der Waals surface area contributed by atoms with Gasteiger partial charge in [0.1, 0.15) is 0 Å². The Kier molecular flexibility index (Phi) is 7.43. The average molecular weight is 456 g/mol. The average Bonchev–Trinajstić information content (AvgIpc) is 2.81. The zero-order valence-electron chi connectivity index (χ0n) is 14.8. The van der Waals surface area contributed by atoms with E-state index < -0.39 is 29.1 Å². The van der Waals surface area contributed by atoms with E-state index in [2.05, 4.69) is 82.5 Å². The number of hydrogen-bond acceptors (Lipinski definition) is 0. The van der Waals surface area contributed by atoms with Crippen LogP contribution in [0, 0.1) is 29.2 Å². The third-order valence-corrected chi connectivity index (χ3v) is 6.90. The second-order valence-corrected chi connectivity index (χ2v) is 15.0. The van der Waals surface area contributed by atoms with Crippen LogP contribution in [0.5, 0.6) is 0 Å². The van der Waals surface area contributed by atoms with Crippen molar-refractivity contribution in [1.82, 2.24) is 0 Å². The first kappa shape index (κ1) is 20.9. The Bertz CT molecular complexity index is 514. The van der Waals surface area contributed by atoms with Crippen LogP contribution >= 0.6 is 17.0 Å². The molecular weight excluding hydrogens is 432 g/mol. The van der Waals surface area contributed by atoms with E-state index >= 15 is 0 Å². The summed E-state index contributed by atoms with van der Waals surface area (Å²) in [6.07, 6.45) is 17.6. The van der Waals surface area contributed by atoms with Gasteiger partial charge >= 0.3 is 37.9 Å². The Morgan fingerprint density at radius 3 is 1.46 bits per heavy atom. The Hall–Kier alpha value is 0.600. The first-order valence-corrected chi connectivity index (χ1v) is 17.3. The molecule has 0 spiro atoms. The van der Waals surface area contributed by atoms with Crippen molar-refractivity contribution < 1.29 is 20.8 Å². The number of nitrogens with zero attached hydrogens (tertiary/aromatic N) is 1. The number of fused-ring (bicyclic) bond motifs is 3. The monoisotopic (exact) mass is 453 g/mol. The molecule has 1 nitrogen and oxygen atoms in total. The van der Waals surface area contributed by atoms with E-state index in [1.165, 1.54) is 29.2 Å². The van der Waals surface area contributed by atoms with Gasteiger partial charge in [-0.25, -0.2) is 0 Å². The molecule has 0 aromatic carbocycles. The van der Waals surface area contributed by atoms with Crippen molar-refractivity contribution in [2.45, 2.75) is 39.4 Å². The maximum atomic E-state index is 5.22. The molecule has 0 saturated heterocycles. The molecular formula is C19H23Cl2NSiZr+. The van der Waals surface area contributed by atoms with Gasteiger partial charge in [0.25, 0.3) is 0 Å². The van der Waals surface area contributed by atoms with Crippen LogP contribution in [0.3, 0.4) is 0 Å². The molecule has 0 aromatic rings. The van der Waals surface area contributed by atoms with Gasteiger partial charge in [0, 0.05) is 23.7 Å². The third-order valence-electron chi connectivity index (χ3n) is 3.91. The van der Waals surface area contributed by atoms with E-state index in [9.17, 15) is 0 Å². The summed E-state index contributed by atoms with van der Waals surface area (Å²) in [6.45, 7) is 11.3. The van der Waals surface area contributed by atoms with Crippen LogP contribution in [0.15, 0.2) is 48.6 Å². The van der Waals surface area contributed by atoms with Crippen molar-refractivity contribution in [3.8, 4) is 0 Å². The molecule has 0 atom stereocenters. The van der Waals surface area contributed by atoms with Gasteiger partial charge < -0.3 is 4.98 Å². The van der Waals surface area contributed by atoms with Gasteiger partial charge in [-0.15, -0.1) is 5.54 Å². The molecule has 1 saturated carbocycles. The minimum absolute atomic E-state index is 0.00913. The molecule has 0 amide bonds. The van der Waals surface area contributed by atoms with Crippen LogP contribution in [0.2, 0.25) is 13.1 Å². The van der Waals surface area contributed by atoms with Crippen molar-refractivity contribution in [3.05, 3.63) is 82.8 Å². The number of halogens is 2. The van der Waals surface area contributed by atoms with Crippen LogP contribution in [0.1, 0.15) is 20.8 Å². The third kappa shape index (κ3) is 4.86. The fourth-order valence-electron chi connectivity index (χ4n) is 3.57. The van der Waals surface area contributed by atoms with Gasteiger partial charge in [0.05, 0.1) is 0 Å². The summed E-state index contributed by atoms with van der Waals surface area (Å²) >= 11 is -0.826. The molecule has 5 heteroatoms. The summed E-state index contributed by atoms with van der Waals surface area (Å²) in [6, 6.07) is 0. The van der Waals surface area contributed by atoms with E-state index in [1.807, 2.05) is 0 Å². The fourth-order valence-corrected chi connectivity index (χ4v) is 7.11. The standard InChI is InChI=1S/C19H23NSi.2ClH.Zr/c1-19(2,3)20-21(4,5)18-16-12-8-6-10-14(16)15-11-7-9-13-17(15)18;;;/h6-13H,1-5H3;2*1H;/q-1;;;+4/p-2. The Morgan fingerprint density at radius 2 is 1.12 bits per heavy atom. The molecule has 0 bridgehead atoms. The van der Waals surface area contributed by atoms with Gasteiger partial charge in [-0.3, -0.25) is 0 Å². The van der Waals surface area contributed by atoms with Gasteiger partial charge in [0.15, 0.2) is 0 Å². The zero-order valence-corrected chi connectivity index (χ0v) is 19.8. The Morgan fingerprint density at radius 1 is 0.792 bits per heavy atom. The Balaban J connectivity index is 0.000000647. The molecule has 0 aromatic heterocycles. The van der Waals surface area contributed by atoms with E-state index in [-0.39, 0.29) is 5.54 Å². The molecule has 5 radical (unpaired) electrons. The molecule has 0 aliphatic heterocycles. The van der Waals surface area contributed by atoms with E-state index in [0.717, 1.165) is 0 Å². The van der Waals surface area contributed by atoms with Gasteiger partial charge in [-0.1, -0.05) is 90.7 Å². The minimum atomic E-state index is -1.87. The summed E-state index contributed by atoms with van der Waals surface area (Å²) < 4.78 is 0. The zero-order chi connectivity index (χ0) is 18.0. The predicted octanol–water partition coefficient (Wildman–Crippen LogP) is 6.42. The SMILES string of the molecule is CC(C)(C)[N-][Si](C)(C)[C]1[C]2C=CC=C[C]2[C]2C=CC=C[C]21.[Cl][Zr+2][Cl]. The second kappa shape index (κ2) is 8.53. The first-order chi connectivity index (χ1) is 11.2. The number of rotatable bonds is 2. The van der Waals surface area contributed by atoms with Gasteiger partial charge in [-0.05, 0) is 5.54 Å². The van der Waals surface area contributed by atoms with Crippen molar-refractivity contribution >= 4 is 25.3 Å². The summed E-state index contributed by atoms with van der Waals surface area (Å²) in [5.41, 5.74) is 1.50. The molecule has 0 unspecified atom stereocenters. The molecule has 3 aliphatic carbocycles. The van der Waals surface area contributed by atoms with Crippen molar-refractivity contribution in [1.29, 1.82) is 0 Å². The van der Waals surface area contributed by atoms with E-state index in [0.29, 0.717) is 0 Å². The number of allylic oxidation sites excluding steroid dienone is 8. The molecule has 3 aliphatic rings. The maximum absolute atomic E-state index is 5.22. The normalized spacial score (nSPS) is 22.1.